The lowest BCUT2D eigenvalue weighted by Gasteiger charge is -2.32. The third kappa shape index (κ3) is 6.33. The summed E-state index contributed by atoms with van der Waals surface area (Å²) < 4.78 is 0. The highest BCUT2D eigenvalue weighted by Gasteiger charge is 2.21. The number of nitrogens with one attached hydrogen (secondary N) is 1. The summed E-state index contributed by atoms with van der Waals surface area (Å²) in [6, 6.07) is 1.85. The molecule has 1 atom stereocenters. The Kier molecular flexibility index (Phi) is 8.44. The smallest absolute Gasteiger partial charge is 0.225 e. The van der Waals surface area contributed by atoms with E-state index in [0.717, 1.165) is 38.5 Å². The van der Waals surface area contributed by atoms with Crippen molar-refractivity contribution in [1.82, 2.24) is 15.3 Å². The number of hydrogen-bond acceptors (Lipinski definition) is 4. The molecule has 0 aromatic carbocycles. The van der Waals surface area contributed by atoms with Crippen molar-refractivity contribution in [2.75, 3.05) is 31.1 Å². The molecule has 2 heterocycles. The highest BCUT2D eigenvalue weighted by atomic mass is 127. The zero-order valence-electron chi connectivity index (χ0n) is 13.4. The number of guanidine groups is 1. The molecule has 1 aliphatic heterocycles. The van der Waals surface area contributed by atoms with E-state index in [9.17, 15) is 0 Å². The van der Waals surface area contributed by atoms with E-state index in [4.69, 9.17) is 5.73 Å². The van der Waals surface area contributed by atoms with Gasteiger partial charge in [-0.25, -0.2) is 9.97 Å². The van der Waals surface area contributed by atoms with Gasteiger partial charge in [-0.3, -0.25) is 4.99 Å². The quantitative estimate of drug-likeness (QED) is 0.434. The van der Waals surface area contributed by atoms with Crippen molar-refractivity contribution in [2.24, 2.45) is 22.6 Å². The molecule has 124 valence electrons. The third-order valence-corrected chi connectivity index (χ3v) is 3.55. The summed E-state index contributed by atoms with van der Waals surface area (Å²) in [6.45, 7) is 7.89. The molecule has 1 fully saturated rings. The predicted molar refractivity (Wildman–Crippen MR) is 102 cm³/mol. The molecule has 1 aromatic heterocycles. The van der Waals surface area contributed by atoms with Gasteiger partial charge in [-0.05, 0) is 30.7 Å². The average Bonchev–Trinajstić information content (AvgIpc) is 2.52. The normalized spacial score (nSPS) is 19.0. The van der Waals surface area contributed by atoms with Gasteiger partial charge in [0.1, 0.15) is 0 Å². The summed E-state index contributed by atoms with van der Waals surface area (Å²) in [5, 5.41) is 3.24. The molecule has 22 heavy (non-hydrogen) atoms. The number of nitrogens with two attached hydrogens (primary N) is 1. The van der Waals surface area contributed by atoms with Gasteiger partial charge in [0.15, 0.2) is 5.96 Å². The van der Waals surface area contributed by atoms with Gasteiger partial charge in [0.05, 0.1) is 0 Å². The Hall–Kier alpha value is -1.12. The first-order valence-corrected chi connectivity index (χ1v) is 7.71. The SMILES string of the molecule is CC(C)CN=C(N)NCC1CCCN(c2ncccn2)C1.I. The van der Waals surface area contributed by atoms with Crippen molar-refractivity contribution >= 4 is 35.9 Å². The van der Waals surface area contributed by atoms with Gasteiger partial charge in [0, 0.05) is 38.6 Å². The molecule has 0 amide bonds. The zero-order valence-corrected chi connectivity index (χ0v) is 15.7. The Labute approximate surface area is 150 Å². The molecule has 1 saturated heterocycles. The summed E-state index contributed by atoms with van der Waals surface area (Å²) in [5.74, 6) is 2.46. The number of hydrogen-bond donors (Lipinski definition) is 2. The molecule has 0 bridgehead atoms. The fourth-order valence-electron chi connectivity index (χ4n) is 2.45. The number of halogens is 1. The summed E-state index contributed by atoms with van der Waals surface area (Å²) in [4.78, 5) is 15.2. The van der Waals surface area contributed by atoms with E-state index in [1.807, 2.05) is 6.07 Å². The lowest BCUT2D eigenvalue weighted by molar-refractivity contribution is 0.407. The molecule has 7 heteroatoms. The van der Waals surface area contributed by atoms with Crippen LogP contribution in [-0.2, 0) is 0 Å². The summed E-state index contributed by atoms with van der Waals surface area (Å²) >= 11 is 0. The topological polar surface area (TPSA) is 79.4 Å². The first-order valence-electron chi connectivity index (χ1n) is 7.71. The van der Waals surface area contributed by atoms with Crippen molar-refractivity contribution in [3.05, 3.63) is 18.5 Å². The van der Waals surface area contributed by atoms with E-state index in [2.05, 4.69) is 39.0 Å². The Balaban J connectivity index is 0.00000242. The van der Waals surface area contributed by atoms with E-state index in [-0.39, 0.29) is 24.0 Å². The van der Waals surface area contributed by atoms with Crippen LogP contribution in [0.1, 0.15) is 26.7 Å². The van der Waals surface area contributed by atoms with Crippen LogP contribution in [0.25, 0.3) is 0 Å². The molecule has 1 aromatic rings. The first kappa shape index (κ1) is 18.9. The van der Waals surface area contributed by atoms with E-state index in [0.29, 0.717) is 17.8 Å². The Bertz CT molecular complexity index is 451. The maximum Gasteiger partial charge on any atom is 0.225 e. The first-order chi connectivity index (χ1) is 10.1. The third-order valence-electron chi connectivity index (χ3n) is 3.55. The number of aliphatic imine (C=N–C) groups is 1. The van der Waals surface area contributed by atoms with Gasteiger partial charge >= 0.3 is 0 Å². The van der Waals surface area contributed by atoms with Crippen LogP contribution < -0.4 is 16.0 Å². The molecule has 0 radical (unpaired) electrons. The number of rotatable bonds is 5. The minimum Gasteiger partial charge on any atom is -0.370 e. The number of aromatic nitrogens is 2. The van der Waals surface area contributed by atoms with Crippen LogP contribution in [0.2, 0.25) is 0 Å². The van der Waals surface area contributed by atoms with Crippen LogP contribution in [-0.4, -0.2) is 42.1 Å². The van der Waals surface area contributed by atoms with Gasteiger partial charge in [0.25, 0.3) is 0 Å². The highest BCUT2D eigenvalue weighted by Crippen LogP contribution is 2.19. The Morgan fingerprint density at radius 1 is 1.45 bits per heavy atom. The maximum atomic E-state index is 5.89. The highest BCUT2D eigenvalue weighted by molar-refractivity contribution is 14.0. The molecule has 2 rings (SSSR count). The largest absolute Gasteiger partial charge is 0.370 e. The second kappa shape index (κ2) is 9.81. The van der Waals surface area contributed by atoms with Crippen LogP contribution in [0, 0.1) is 11.8 Å². The molecule has 1 unspecified atom stereocenters. The van der Waals surface area contributed by atoms with Crippen LogP contribution in [0.3, 0.4) is 0 Å². The second-order valence-electron chi connectivity index (χ2n) is 6.00. The lowest BCUT2D eigenvalue weighted by atomic mass is 9.98. The van der Waals surface area contributed by atoms with Crippen LogP contribution in [0.4, 0.5) is 5.95 Å². The molecule has 1 aliphatic rings. The number of piperidine rings is 1. The molecule has 0 spiro atoms. The maximum absolute atomic E-state index is 5.89. The fourth-order valence-corrected chi connectivity index (χ4v) is 2.45. The van der Waals surface area contributed by atoms with Gasteiger partial charge in [-0.2, -0.15) is 0 Å². The molecule has 3 N–H and O–H groups in total. The monoisotopic (exact) mass is 418 g/mol. The van der Waals surface area contributed by atoms with Gasteiger partial charge in [0.2, 0.25) is 5.95 Å². The van der Waals surface area contributed by atoms with E-state index in [1.165, 1.54) is 6.42 Å². The standard InChI is InChI=1S/C15H26N6.HI/c1-12(2)9-19-14(16)20-10-13-5-3-8-21(11-13)15-17-6-4-7-18-15;/h4,6-7,12-13H,3,5,8-11H2,1-2H3,(H3,16,19,20);1H. The summed E-state index contributed by atoms with van der Waals surface area (Å²) in [5.41, 5.74) is 5.89. The Morgan fingerprint density at radius 2 is 2.18 bits per heavy atom. The molecule has 0 saturated carbocycles. The molecule has 6 nitrogen and oxygen atoms in total. The summed E-state index contributed by atoms with van der Waals surface area (Å²) in [7, 11) is 0. The second-order valence-corrected chi connectivity index (χ2v) is 6.00. The van der Waals surface area contributed by atoms with E-state index in [1.54, 1.807) is 12.4 Å². The molecular formula is C15H27IN6. The molecular weight excluding hydrogens is 391 g/mol. The van der Waals surface area contributed by atoms with E-state index < -0.39 is 0 Å². The van der Waals surface area contributed by atoms with Crippen LogP contribution in [0.15, 0.2) is 23.5 Å². The predicted octanol–water partition coefficient (Wildman–Crippen LogP) is 1.87. The Morgan fingerprint density at radius 3 is 2.86 bits per heavy atom. The average molecular weight is 418 g/mol. The van der Waals surface area contributed by atoms with E-state index >= 15 is 0 Å². The fraction of sp³-hybridized carbons (Fsp3) is 0.667. The van der Waals surface area contributed by atoms with Crippen molar-refractivity contribution in [2.45, 2.75) is 26.7 Å². The van der Waals surface area contributed by atoms with Gasteiger partial charge in [-0.15, -0.1) is 24.0 Å². The molecule has 0 aliphatic carbocycles. The van der Waals surface area contributed by atoms with Gasteiger partial charge < -0.3 is 16.0 Å². The van der Waals surface area contributed by atoms with Crippen molar-refractivity contribution in [1.29, 1.82) is 0 Å². The number of nitrogens with zero attached hydrogens (tertiary/aromatic N) is 4. The van der Waals surface area contributed by atoms with Crippen molar-refractivity contribution < 1.29 is 0 Å². The lowest BCUT2D eigenvalue weighted by Crippen LogP contribution is -2.43. The zero-order chi connectivity index (χ0) is 15.1. The summed E-state index contributed by atoms with van der Waals surface area (Å²) in [6.07, 6.45) is 5.95. The number of anilines is 1. The minimum atomic E-state index is 0. The van der Waals surface area contributed by atoms with Crippen molar-refractivity contribution in [3.63, 3.8) is 0 Å². The minimum absolute atomic E-state index is 0. The van der Waals surface area contributed by atoms with Gasteiger partial charge in [-0.1, -0.05) is 13.8 Å². The van der Waals surface area contributed by atoms with Crippen molar-refractivity contribution in [3.8, 4) is 0 Å². The van der Waals surface area contributed by atoms with Crippen LogP contribution in [0.5, 0.6) is 0 Å². The van der Waals surface area contributed by atoms with Crippen LogP contribution >= 0.6 is 24.0 Å².